The summed E-state index contributed by atoms with van der Waals surface area (Å²) in [4.78, 5) is 4.72. The summed E-state index contributed by atoms with van der Waals surface area (Å²) >= 11 is 0. The van der Waals surface area contributed by atoms with E-state index in [1.807, 2.05) is 66.7 Å². The fourth-order valence-corrected chi connectivity index (χ4v) is 3.25. The molecule has 33 heavy (non-hydrogen) atoms. The standard InChI is InChI=1S/C26H26N4O3/c27-26(30-28)18-33-24-7-4-5-19(15-24)16-31-22-11-13-23(14-12-22)32-17-21-10-9-20-6-2-1-3-8-25(20)29-21/h1-7,9-15H,8,16-18,28H2,(H2,27,30). The number of fused-ring (bicyclic) bond motifs is 1. The zero-order chi connectivity index (χ0) is 22.9. The molecule has 4 N–H and O–H groups in total. The van der Waals surface area contributed by atoms with Gasteiger partial charge in [0.2, 0.25) is 0 Å². The molecule has 168 valence electrons. The van der Waals surface area contributed by atoms with Gasteiger partial charge in [-0.3, -0.25) is 4.98 Å². The first kappa shape index (κ1) is 22.0. The van der Waals surface area contributed by atoms with Gasteiger partial charge in [0.25, 0.3) is 0 Å². The van der Waals surface area contributed by atoms with Crippen molar-refractivity contribution in [1.29, 1.82) is 0 Å². The number of hydrogen-bond acceptors (Lipinski definition) is 6. The number of benzene rings is 2. The Kier molecular flexibility index (Phi) is 7.22. The van der Waals surface area contributed by atoms with Crippen molar-refractivity contribution in [1.82, 2.24) is 4.98 Å². The van der Waals surface area contributed by atoms with E-state index >= 15 is 0 Å². The van der Waals surface area contributed by atoms with E-state index in [4.69, 9.17) is 30.8 Å². The Hall–Kier alpha value is -4.26. The van der Waals surface area contributed by atoms with Crippen LogP contribution in [0.25, 0.3) is 6.08 Å². The quantitative estimate of drug-likeness (QED) is 0.225. The number of rotatable bonds is 9. The molecule has 2 aromatic carbocycles. The highest BCUT2D eigenvalue weighted by Gasteiger charge is 2.06. The lowest BCUT2D eigenvalue weighted by atomic mass is 10.1. The predicted octanol–water partition coefficient (Wildman–Crippen LogP) is 3.97. The SMILES string of the molecule is N/N=C(\N)COc1cccc(COc2ccc(OCc3ccc4c(n3)CC=CC=C4)cc2)c1. The minimum absolute atomic E-state index is 0.136. The Morgan fingerprint density at radius 1 is 0.879 bits per heavy atom. The summed E-state index contributed by atoms with van der Waals surface area (Å²) in [6, 6.07) is 19.2. The molecule has 0 unspecified atom stereocenters. The zero-order valence-electron chi connectivity index (χ0n) is 18.2. The van der Waals surface area contributed by atoms with Crippen molar-refractivity contribution in [2.45, 2.75) is 19.6 Å². The van der Waals surface area contributed by atoms with Gasteiger partial charge in [0, 0.05) is 6.42 Å². The molecule has 0 spiro atoms. The Morgan fingerprint density at radius 2 is 1.67 bits per heavy atom. The fourth-order valence-electron chi connectivity index (χ4n) is 3.25. The highest BCUT2D eigenvalue weighted by Crippen LogP contribution is 2.21. The molecule has 7 heteroatoms. The van der Waals surface area contributed by atoms with E-state index in [9.17, 15) is 0 Å². The second-order valence-corrected chi connectivity index (χ2v) is 7.44. The molecule has 0 saturated heterocycles. The first-order valence-electron chi connectivity index (χ1n) is 10.6. The molecule has 0 radical (unpaired) electrons. The fraction of sp³-hybridized carbons (Fsp3) is 0.154. The van der Waals surface area contributed by atoms with Crippen LogP contribution in [0.2, 0.25) is 0 Å². The monoisotopic (exact) mass is 442 g/mol. The van der Waals surface area contributed by atoms with Crippen LogP contribution in [0.5, 0.6) is 17.2 Å². The average molecular weight is 443 g/mol. The van der Waals surface area contributed by atoms with E-state index < -0.39 is 0 Å². The van der Waals surface area contributed by atoms with Gasteiger partial charge in [0.15, 0.2) is 5.84 Å². The third-order valence-electron chi connectivity index (χ3n) is 4.97. The van der Waals surface area contributed by atoms with Crippen molar-refractivity contribution in [3.05, 3.63) is 101 Å². The van der Waals surface area contributed by atoms with Crippen LogP contribution in [-0.4, -0.2) is 17.4 Å². The Bertz CT molecular complexity index is 1170. The first-order chi connectivity index (χ1) is 16.2. The minimum atomic E-state index is 0.136. The zero-order valence-corrected chi connectivity index (χ0v) is 18.2. The molecule has 1 aliphatic rings. The molecule has 0 atom stereocenters. The third-order valence-corrected chi connectivity index (χ3v) is 4.97. The number of nitrogens with two attached hydrogens (primary N) is 2. The van der Waals surface area contributed by atoms with Gasteiger partial charge in [-0.2, -0.15) is 5.10 Å². The molecular weight excluding hydrogens is 416 g/mol. The van der Waals surface area contributed by atoms with Crippen molar-refractivity contribution >= 4 is 11.9 Å². The van der Waals surface area contributed by atoms with Gasteiger partial charge in [-0.05, 0) is 53.6 Å². The maximum Gasteiger partial charge on any atom is 0.157 e. The summed E-state index contributed by atoms with van der Waals surface area (Å²) in [5.41, 5.74) is 9.63. The van der Waals surface area contributed by atoms with Crippen molar-refractivity contribution in [2.24, 2.45) is 16.7 Å². The van der Waals surface area contributed by atoms with Gasteiger partial charge in [-0.25, -0.2) is 0 Å². The molecule has 3 aromatic rings. The smallest absolute Gasteiger partial charge is 0.157 e. The van der Waals surface area contributed by atoms with Crippen molar-refractivity contribution in [2.75, 3.05) is 6.61 Å². The highest BCUT2D eigenvalue weighted by atomic mass is 16.5. The molecule has 4 rings (SSSR count). The van der Waals surface area contributed by atoms with Gasteiger partial charge in [-0.1, -0.05) is 42.5 Å². The number of nitrogens with zero attached hydrogens (tertiary/aromatic N) is 2. The van der Waals surface area contributed by atoms with Crippen LogP contribution in [0, 0.1) is 0 Å². The first-order valence-corrected chi connectivity index (χ1v) is 10.6. The molecule has 0 aliphatic heterocycles. The molecule has 7 nitrogen and oxygen atoms in total. The largest absolute Gasteiger partial charge is 0.489 e. The van der Waals surface area contributed by atoms with Gasteiger partial charge in [-0.15, -0.1) is 0 Å². The number of ether oxygens (including phenoxy) is 3. The van der Waals surface area contributed by atoms with E-state index in [2.05, 4.69) is 23.3 Å². The Labute approximate surface area is 193 Å². The lowest BCUT2D eigenvalue weighted by molar-refractivity contribution is 0.294. The van der Waals surface area contributed by atoms with Crippen LogP contribution in [-0.2, 0) is 19.6 Å². The van der Waals surface area contributed by atoms with Crippen LogP contribution >= 0.6 is 0 Å². The van der Waals surface area contributed by atoms with Crippen molar-refractivity contribution < 1.29 is 14.2 Å². The van der Waals surface area contributed by atoms with Gasteiger partial charge >= 0.3 is 0 Å². The number of allylic oxidation sites excluding steroid dienone is 3. The number of hydrazone groups is 1. The van der Waals surface area contributed by atoms with E-state index in [0.717, 1.165) is 40.4 Å². The molecule has 1 aliphatic carbocycles. The molecule has 1 heterocycles. The van der Waals surface area contributed by atoms with Gasteiger partial charge in [0.1, 0.15) is 37.1 Å². The Morgan fingerprint density at radius 3 is 2.45 bits per heavy atom. The number of hydrogen-bond donors (Lipinski definition) is 2. The van der Waals surface area contributed by atoms with E-state index in [1.165, 1.54) is 0 Å². The van der Waals surface area contributed by atoms with Crippen LogP contribution in [0.15, 0.2) is 84.0 Å². The molecular formula is C26H26N4O3. The average Bonchev–Trinajstić information content (AvgIpc) is 3.10. The lowest BCUT2D eigenvalue weighted by Gasteiger charge is -2.11. The van der Waals surface area contributed by atoms with E-state index in [0.29, 0.717) is 19.0 Å². The summed E-state index contributed by atoms with van der Waals surface area (Å²) in [6.07, 6.45) is 9.08. The summed E-state index contributed by atoms with van der Waals surface area (Å²) < 4.78 is 17.3. The predicted molar refractivity (Wildman–Crippen MR) is 129 cm³/mol. The number of amidine groups is 1. The maximum atomic E-state index is 5.90. The van der Waals surface area contributed by atoms with E-state index in [-0.39, 0.29) is 12.4 Å². The van der Waals surface area contributed by atoms with E-state index in [1.54, 1.807) is 0 Å². The topological polar surface area (TPSA) is 105 Å². The van der Waals surface area contributed by atoms with Crippen LogP contribution in [0.1, 0.15) is 22.5 Å². The maximum absolute atomic E-state index is 5.90. The van der Waals surface area contributed by atoms with Crippen molar-refractivity contribution in [3.8, 4) is 17.2 Å². The van der Waals surface area contributed by atoms with Crippen LogP contribution in [0.3, 0.4) is 0 Å². The molecule has 0 bridgehead atoms. The molecule has 0 saturated carbocycles. The molecule has 1 aromatic heterocycles. The van der Waals surface area contributed by atoms with Crippen LogP contribution in [0.4, 0.5) is 0 Å². The summed E-state index contributed by atoms with van der Waals surface area (Å²) in [5, 5.41) is 3.39. The summed E-state index contributed by atoms with van der Waals surface area (Å²) in [6.45, 7) is 0.949. The third kappa shape index (κ3) is 6.36. The normalized spacial score (nSPS) is 12.7. The second kappa shape index (κ2) is 10.9. The van der Waals surface area contributed by atoms with Gasteiger partial charge in [0.05, 0.1) is 11.4 Å². The van der Waals surface area contributed by atoms with Crippen molar-refractivity contribution in [3.63, 3.8) is 0 Å². The lowest BCUT2D eigenvalue weighted by Crippen LogP contribution is -2.22. The second-order valence-electron chi connectivity index (χ2n) is 7.44. The summed E-state index contributed by atoms with van der Waals surface area (Å²) in [5.74, 6) is 7.52. The number of aromatic nitrogens is 1. The number of pyridine rings is 1. The Balaban J connectivity index is 1.28. The summed E-state index contributed by atoms with van der Waals surface area (Å²) in [7, 11) is 0. The minimum Gasteiger partial charge on any atom is -0.489 e. The van der Waals surface area contributed by atoms with Crippen LogP contribution < -0.4 is 25.8 Å². The molecule has 0 amide bonds. The van der Waals surface area contributed by atoms with Gasteiger partial charge < -0.3 is 25.8 Å². The molecule has 0 fully saturated rings. The highest BCUT2D eigenvalue weighted by molar-refractivity contribution is 5.81.